The monoisotopic (exact) mass is 402 g/mol. The van der Waals surface area contributed by atoms with Crippen molar-refractivity contribution in [2.45, 2.75) is 38.0 Å². The summed E-state index contributed by atoms with van der Waals surface area (Å²) >= 11 is 1.79. The van der Waals surface area contributed by atoms with E-state index in [-0.39, 0.29) is 5.75 Å². The molecule has 142 valence electrons. The van der Waals surface area contributed by atoms with Crippen LogP contribution in [0.15, 0.2) is 30.6 Å². The number of nitrogens with zero attached hydrogens (tertiary/aromatic N) is 2. The number of rotatable bonds is 6. The van der Waals surface area contributed by atoms with Crippen LogP contribution in [0.2, 0.25) is 0 Å². The summed E-state index contributed by atoms with van der Waals surface area (Å²) in [4.78, 5) is 11.5. The van der Waals surface area contributed by atoms with Crippen molar-refractivity contribution in [1.29, 1.82) is 0 Å². The van der Waals surface area contributed by atoms with Gasteiger partial charge in [-0.25, -0.2) is 23.1 Å². The topological polar surface area (TPSA) is 84.0 Å². The van der Waals surface area contributed by atoms with Crippen LogP contribution in [-0.4, -0.2) is 25.4 Å². The molecule has 0 spiro atoms. The Morgan fingerprint density at radius 3 is 2.59 bits per heavy atom. The number of benzene rings is 1. The molecule has 1 aliphatic rings. The number of aromatic nitrogens is 2. The third-order valence-corrected chi connectivity index (χ3v) is 7.44. The molecule has 0 radical (unpaired) electrons. The number of thiophene rings is 1. The van der Waals surface area contributed by atoms with Gasteiger partial charge in [0.2, 0.25) is 10.0 Å². The van der Waals surface area contributed by atoms with Crippen molar-refractivity contribution in [2.75, 3.05) is 12.4 Å². The zero-order valence-electron chi connectivity index (χ0n) is 15.2. The van der Waals surface area contributed by atoms with Crippen molar-refractivity contribution < 1.29 is 8.42 Å². The third kappa shape index (κ3) is 3.97. The maximum Gasteiger partial charge on any atom is 0.215 e. The molecule has 0 unspecified atom stereocenters. The van der Waals surface area contributed by atoms with Crippen LogP contribution in [0.1, 0.15) is 34.4 Å². The summed E-state index contributed by atoms with van der Waals surface area (Å²) in [5.74, 6) is 0.881. The minimum Gasteiger partial charge on any atom is -0.365 e. The molecule has 0 saturated carbocycles. The van der Waals surface area contributed by atoms with Gasteiger partial charge in [0.1, 0.15) is 17.0 Å². The van der Waals surface area contributed by atoms with Gasteiger partial charge < -0.3 is 5.32 Å². The number of hydrogen-bond acceptors (Lipinski definition) is 6. The smallest absolute Gasteiger partial charge is 0.215 e. The minimum absolute atomic E-state index is 0.00915. The second-order valence-electron chi connectivity index (χ2n) is 6.75. The Labute approximate surface area is 163 Å². The van der Waals surface area contributed by atoms with E-state index in [2.05, 4.69) is 20.0 Å². The van der Waals surface area contributed by atoms with Crippen LogP contribution < -0.4 is 10.0 Å². The summed E-state index contributed by atoms with van der Waals surface area (Å²) in [6.07, 6.45) is 6.35. The highest BCUT2D eigenvalue weighted by molar-refractivity contribution is 7.88. The number of nitrogens with one attached hydrogen (secondary N) is 2. The summed E-state index contributed by atoms with van der Waals surface area (Å²) in [5, 5.41) is 4.62. The highest BCUT2D eigenvalue weighted by atomic mass is 32.2. The van der Waals surface area contributed by atoms with E-state index in [9.17, 15) is 8.42 Å². The van der Waals surface area contributed by atoms with Gasteiger partial charge in [-0.1, -0.05) is 24.3 Å². The molecule has 0 aliphatic heterocycles. The molecule has 2 heterocycles. The van der Waals surface area contributed by atoms with E-state index in [1.807, 2.05) is 24.3 Å². The molecule has 1 aromatic carbocycles. The molecular formula is C19H22N4O2S2. The Hall–Kier alpha value is -2.03. The van der Waals surface area contributed by atoms with Crippen LogP contribution in [0.5, 0.6) is 0 Å². The Bertz CT molecular complexity index is 1060. The first-order chi connectivity index (χ1) is 13.1. The number of anilines is 1. The van der Waals surface area contributed by atoms with E-state index in [0.717, 1.165) is 34.6 Å². The SMILES string of the molecule is CNS(=O)(=O)Cc1ccc(CNc2ncnc3sc4c(c23)CCCC4)cc1. The largest absolute Gasteiger partial charge is 0.365 e. The van der Waals surface area contributed by atoms with Gasteiger partial charge >= 0.3 is 0 Å². The fourth-order valence-corrected chi connectivity index (χ4v) is 5.46. The first-order valence-corrected chi connectivity index (χ1v) is 11.5. The zero-order valence-corrected chi connectivity index (χ0v) is 16.8. The van der Waals surface area contributed by atoms with Crippen LogP contribution in [0, 0.1) is 0 Å². The van der Waals surface area contributed by atoms with Crippen LogP contribution in [-0.2, 0) is 35.2 Å². The lowest BCUT2D eigenvalue weighted by Gasteiger charge is -2.12. The van der Waals surface area contributed by atoms with Gasteiger partial charge in [0.15, 0.2) is 0 Å². The van der Waals surface area contributed by atoms with Gasteiger partial charge in [0.25, 0.3) is 0 Å². The number of sulfonamides is 1. The quantitative estimate of drug-likeness (QED) is 0.661. The van der Waals surface area contributed by atoms with Gasteiger partial charge in [-0.05, 0) is 49.4 Å². The first kappa shape index (κ1) is 18.3. The van der Waals surface area contributed by atoms with E-state index in [0.29, 0.717) is 6.54 Å². The lowest BCUT2D eigenvalue weighted by Crippen LogP contribution is -2.20. The maximum atomic E-state index is 11.6. The third-order valence-electron chi connectivity index (χ3n) is 4.90. The first-order valence-electron chi connectivity index (χ1n) is 9.04. The summed E-state index contributed by atoms with van der Waals surface area (Å²) < 4.78 is 25.6. The van der Waals surface area contributed by atoms with Gasteiger partial charge in [-0.2, -0.15) is 0 Å². The van der Waals surface area contributed by atoms with E-state index < -0.39 is 10.0 Å². The van der Waals surface area contributed by atoms with Gasteiger partial charge in [-0.15, -0.1) is 11.3 Å². The Balaban J connectivity index is 1.51. The van der Waals surface area contributed by atoms with E-state index in [1.54, 1.807) is 17.7 Å². The standard InChI is InChI=1S/C19H22N4O2S2/c1-20-27(24,25)11-14-8-6-13(7-9-14)10-21-18-17-15-4-2-3-5-16(15)26-19(17)23-12-22-18/h6-9,12,20H,2-5,10-11H2,1H3,(H,21,22,23). The molecule has 0 amide bonds. The Morgan fingerprint density at radius 2 is 1.81 bits per heavy atom. The van der Waals surface area contributed by atoms with Crippen molar-refractivity contribution in [3.63, 3.8) is 0 Å². The fraction of sp³-hybridized carbons (Fsp3) is 0.368. The zero-order chi connectivity index (χ0) is 18.9. The Morgan fingerprint density at radius 1 is 1.07 bits per heavy atom. The molecule has 27 heavy (non-hydrogen) atoms. The maximum absolute atomic E-state index is 11.6. The second kappa shape index (κ2) is 7.53. The number of aryl methyl sites for hydroxylation is 2. The molecule has 1 aliphatic carbocycles. The average Bonchev–Trinajstić information content (AvgIpc) is 3.06. The van der Waals surface area contributed by atoms with Crippen LogP contribution in [0.3, 0.4) is 0 Å². The summed E-state index contributed by atoms with van der Waals surface area (Å²) in [6.45, 7) is 0.635. The highest BCUT2D eigenvalue weighted by Crippen LogP contribution is 2.38. The summed E-state index contributed by atoms with van der Waals surface area (Å²) in [6, 6.07) is 7.62. The summed E-state index contributed by atoms with van der Waals surface area (Å²) in [5.41, 5.74) is 3.26. The molecule has 6 nitrogen and oxygen atoms in total. The van der Waals surface area contributed by atoms with Gasteiger partial charge in [0, 0.05) is 11.4 Å². The molecule has 0 fully saturated rings. The van der Waals surface area contributed by atoms with Gasteiger partial charge in [-0.3, -0.25) is 0 Å². The molecule has 2 N–H and O–H groups in total. The van der Waals surface area contributed by atoms with Crippen molar-refractivity contribution in [1.82, 2.24) is 14.7 Å². The van der Waals surface area contributed by atoms with Crippen LogP contribution >= 0.6 is 11.3 Å². The number of hydrogen-bond donors (Lipinski definition) is 2. The predicted molar refractivity (Wildman–Crippen MR) is 110 cm³/mol. The number of fused-ring (bicyclic) bond motifs is 3. The van der Waals surface area contributed by atoms with Gasteiger partial charge in [0.05, 0.1) is 11.1 Å². The molecular weight excluding hydrogens is 380 g/mol. The highest BCUT2D eigenvalue weighted by Gasteiger charge is 2.19. The minimum atomic E-state index is -3.25. The Kier molecular flexibility index (Phi) is 5.12. The average molecular weight is 403 g/mol. The molecule has 3 aromatic rings. The molecule has 0 saturated heterocycles. The van der Waals surface area contributed by atoms with Crippen molar-refractivity contribution >= 4 is 37.4 Å². The molecule has 0 atom stereocenters. The summed E-state index contributed by atoms with van der Waals surface area (Å²) in [7, 11) is -1.82. The van der Waals surface area contributed by atoms with Crippen molar-refractivity contribution in [3.8, 4) is 0 Å². The van der Waals surface area contributed by atoms with Crippen molar-refractivity contribution in [2.24, 2.45) is 0 Å². The van der Waals surface area contributed by atoms with Crippen LogP contribution in [0.4, 0.5) is 5.82 Å². The van der Waals surface area contributed by atoms with Crippen molar-refractivity contribution in [3.05, 3.63) is 52.2 Å². The second-order valence-corrected chi connectivity index (χ2v) is 9.76. The molecule has 2 aromatic heterocycles. The lowest BCUT2D eigenvalue weighted by molar-refractivity contribution is 0.587. The molecule has 8 heteroatoms. The lowest BCUT2D eigenvalue weighted by atomic mass is 9.97. The van der Waals surface area contributed by atoms with E-state index in [1.165, 1.54) is 35.7 Å². The van der Waals surface area contributed by atoms with Crippen LogP contribution in [0.25, 0.3) is 10.2 Å². The van der Waals surface area contributed by atoms with E-state index >= 15 is 0 Å². The normalized spacial score (nSPS) is 14.3. The molecule has 4 rings (SSSR count). The fourth-order valence-electron chi connectivity index (χ4n) is 3.45. The predicted octanol–water partition coefficient (Wildman–Crippen LogP) is 3.23. The van der Waals surface area contributed by atoms with E-state index in [4.69, 9.17) is 0 Å². The molecule has 0 bridgehead atoms.